The van der Waals surface area contributed by atoms with E-state index >= 15 is 0 Å². The van der Waals surface area contributed by atoms with E-state index in [1.807, 2.05) is 13.0 Å². The fourth-order valence-corrected chi connectivity index (χ4v) is 0.778. The minimum atomic E-state index is 1.00. The Hall–Kier alpha value is -0.760. The van der Waals surface area contributed by atoms with E-state index in [9.17, 15) is 0 Å². The molecule has 1 aromatic heterocycles. The van der Waals surface area contributed by atoms with Crippen LogP contribution in [0.1, 0.15) is 18.2 Å². The van der Waals surface area contributed by atoms with Crippen molar-refractivity contribution in [3.8, 4) is 0 Å². The van der Waals surface area contributed by atoms with Gasteiger partial charge in [0.05, 0.1) is 6.26 Å². The molecular formula is C8H14O2. The maximum absolute atomic E-state index is 7.00. The molecule has 0 amide bonds. The fourth-order valence-electron chi connectivity index (χ4n) is 0.778. The predicted octanol–water partition coefficient (Wildman–Crippen LogP) is 1.76. The average molecular weight is 142 g/mol. The van der Waals surface area contributed by atoms with Gasteiger partial charge in [0.15, 0.2) is 0 Å². The molecule has 0 aromatic carbocycles. The highest BCUT2D eigenvalue weighted by Gasteiger charge is 1.94. The first-order valence-corrected chi connectivity index (χ1v) is 3.32. The van der Waals surface area contributed by atoms with E-state index in [2.05, 4.69) is 6.92 Å². The quantitative estimate of drug-likeness (QED) is 0.648. The predicted molar refractivity (Wildman–Crippen MR) is 41.0 cm³/mol. The van der Waals surface area contributed by atoms with Crippen molar-refractivity contribution in [3.63, 3.8) is 0 Å². The van der Waals surface area contributed by atoms with Crippen LogP contribution in [0.4, 0.5) is 0 Å². The largest absolute Gasteiger partial charge is 0.469 e. The normalized spacial score (nSPS) is 8.40. The van der Waals surface area contributed by atoms with Gasteiger partial charge < -0.3 is 9.52 Å². The summed E-state index contributed by atoms with van der Waals surface area (Å²) in [6, 6.07) is 2.01. The van der Waals surface area contributed by atoms with Gasteiger partial charge >= 0.3 is 0 Å². The molecule has 10 heavy (non-hydrogen) atoms. The molecule has 2 heteroatoms. The summed E-state index contributed by atoms with van der Waals surface area (Å²) in [6.45, 7) is 4.11. The zero-order valence-corrected chi connectivity index (χ0v) is 6.72. The van der Waals surface area contributed by atoms with Gasteiger partial charge in [-0.05, 0) is 25.0 Å². The Morgan fingerprint density at radius 3 is 2.30 bits per heavy atom. The Balaban J connectivity index is 0.000000371. The molecule has 1 N–H and O–H groups in total. The molecule has 0 saturated heterocycles. The molecule has 0 spiro atoms. The van der Waals surface area contributed by atoms with Crippen LogP contribution in [0.25, 0.3) is 0 Å². The molecule has 0 fully saturated rings. The molecular weight excluding hydrogens is 128 g/mol. The van der Waals surface area contributed by atoms with Crippen molar-refractivity contribution in [3.05, 3.63) is 23.7 Å². The number of furan rings is 1. The summed E-state index contributed by atoms with van der Waals surface area (Å²) >= 11 is 0. The van der Waals surface area contributed by atoms with Gasteiger partial charge in [0, 0.05) is 7.11 Å². The molecule has 0 atom stereocenters. The monoisotopic (exact) mass is 142 g/mol. The summed E-state index contributed by atoms with van der Waals surface area (Å²) in [5, 5.41) is 7.00. The lowest BCUT2D eigenvalue weighted by Crippen LogP contribution is -1.75. The average Bonchev–Trinajstić information content (AvgIpc) is 2.39. The smallest absolute Gasteiger partial charge is 0.103 e. The van der Waals surface area contributed by atoms with E-state index in [-0.39, 0.29) is 0 Å². The Bertz CT molecular complexity index is 168. The number of hydrogen-bond acceptors (Lipinski definition) is 2. The highest BCUT2D eigenvalue weighted by atomic mass is 16.3. The fraction of sp³-hybridized carbons (Fsp3) is 0.500. The minimum Gasteiger partial charge on any atom is -0.469 e. The van der Waals surface area contributed by atoms with Crippen molar-refractivity contribution in [1.29, 1.82) is 0 Å². The summed E-state index contributed by atoms with van der Waals surface area (Å²) in [5.41, 5.74) is 1.31. The van der Waals surface area contributed by atoms with E-state index in [0.29, 0.717) is 0 Å². The standard InChI is InChI=1S/C7H10O.CH4O/c1-3-7-4-5-8-6(7)2;1-2/h4-5H,3H2,1-2H3;2H,1H3. The third-order valence-electron chi connectivity index (χ3n) is 1.35. The van der Waals surface area contributed by atoms with Gasteiger partial charge in [0.25, 0.3) is 0 Å². The highest BCUT2D eigenvalue weighted by molar-refractivity contribution is 5.14. The molecule has 58 valence electrons. The minimum absolute atomic E-state index is 1.00. The topological polar surface area (TPSA) is 33.4 Å². The molecule has 2 nitrogen and oxygen atoms in total. The van der Waals surface area contributed by atoms with Crippen LogP contribution < -0.4 is 0 Å². The first-order chi connectivity index (χ1) is 4.84. The van der Waals surface area contributed by atoms with Gasteiger partial charge in [0.2, 0.25) is 0 Å². The number of aliphatic hydroxyl groups is 1. The second-order valence-electron chi connectivity index (χ2n) is 1.86. The molecule has 1 heterocycles. The second kappa shape index (κ2) is 5.06. The van der Waals surface area contributed by atoms with Crippen LogP contribution in [-0.2, 0) is 6.42 Å². The third kappa shape index (κ3) is 2.23. The van der Waals surface area contributed by atoms with E-state index in [1.54, 1.807) is 6.26 Å². The maximum atomic E-state index is 7.00. The van der Waals surface area contributed by atoms with Crippen LogP contribution in [0.3, 0.4) is 0 Å². The SMILES string of the molecule is CCc1ccoc1C.CO. The first kappa shape index (κ1) is 9.24. The number of rotatable bonds is 1. The molecule has 0 bridgehead atoms. The van der Waals surface area contributed by atoms with Crippen LogP contribution in [0.5, 0.6) is 0 Å². The molecule has 1 aromatic rings. The van der Waals surface area contributed by atoms with Gasteiger partial charge in [-0.3, -0.25) is 0 Å². The summed E-state index contributed by atoms with van der Waals surface area (Å²) < 4.78 is 5.06. The second-order valence-corrected chi connectivity index (χ2v) is 1.86. The summed E-state index contributed by atoms with van der Waals surface area (Å²) in [6.07, 6.45) is 2.80. The van der Waals surface area contributed by atoms with Gasteiger partial charge in [-0.25, -0.2) is 0 Å². The number of aliphatic hydroxyl groups excluding tert-OH is 1. The van der Waals surface area contributed by atoms with Crippen molar-refractivity contribution >= 4 is 0 Å². The summed E-state index contributed by atoms with van der Waals surface area (Å²) in [5.74, 6) is 1.05. The Labute approximate surface area is 61.5 Å². The molecule has 0 saturated carbocycles. The van der Waals surface area contributed by atoms with Crippen molar-refractivity contribution in [1.82, 2.24) is 0 Å². The zero-order valence-electron chi connectivity index (χ0n) is 6.72. The molecule has 0 aliphatic heterocycles. The number of hydrogen-bond donors (Lipinski definition) is 1. The van der Waals surface area contributed by atoms with E-state index in [1.165, 1.54) is 5.56 Å². The first-order valence-electron chi connectivity index (χ1n) is 3.32. The van der Waals surface area contributed by atoms with Crippen LogP contribution in [-0.4, -0.2) is 12.2 Å². The van der Waals surface area contributed by atoms with Crippen LogP contribution in [0, 0.1) is 6.92 Å². The van der Waals surface area contributed by atoms with Crippen molar-refractivity contribution < 1.29 is 9.52 Å². The molecule has 0 aliphatic carbocycles. The summed E-state index contributed by atoms with van der Waals surface area (Å²) in [4.78, 5) is 0. The molecule has 0 unspecified atom stereocenters. The third-order valence-corrected chi connectivity index (χ3v) is 1.35. The number of aryl methyl sites for hydroxylation is 2. The molecule has 1 rings (SSSR count). The van der Waals surface area contributed by atoms with Crippen molar-refractivity contribution in [2.75, 3.05) is 7.11 Å². The van der Waals surface area contributed by atoms with E-state index < -0.39 is 0 Å². The zero-order chi connectivity index (χ0) is 7.98. The lowest BCUT2D eigenvalue weighted by atomic mass is 10.2. The van der Waals surface area contributed by atoms with Crippen molar-refractivity contribution in [2.45, 2.75) is 20.3 Å². The maximum Gasteiger partial charge on any atom is 0.103 e. The lowest BCUT2D eigenvalue weighted by Gasteiger charge is -1.86. The summed E-state index contributed by atoms with van der Waals surface area (Å²) in [7, 11) is 1.00. The highest BCUT2D eigenvalue weighted by Crippen LogP contribution is 2.07. The van der Waals surface area contributed by atoms with Gasteiger partial charge in [-0.1, -0.05) is 6.92 Å². The van der Waals surface area contributed by atoms with Gasteiger partial charge in [-0.15, -0.1) is 0 Å². The molecule has 0 aliphatic rings. The lowest BCUT2D eigenvalue weighted by molar-refractivity contribution is 0.399. The van der Waals surface area contributed by atoms with Crippen LogP contribution in [0.2, 0.25) is 0 Å². The van der Waals surface area contributed by atoms with Crippen LogP contribution >= 0.6 is 0 Å². The Kier molecular flexibility index (Phi) is 4.67. The van der Waals surface area contributed by atoms with E-state index in [4.69, 9.17) is 9.52 Å². The van der Waals surface area contributed by atoms with Gasteiger partial charge in [0.1, 0.15) is 5.76 Å². The van der Waals surface area contributed by atoms with Crippen molar-refractivity contribution in [2.24, 2.45) is 0 Å². The molecule has 0 radical (unpaired) electrons. The Morgan fingerprint density at radius 2 is 2.10 bits per heavy atom. The Morgan fingerprint density at radius 1 is 1.50 bits per heavy atom. The van der Waals surface area contributed by atoms with Crippen LogP contribution in [0.15, 0.2) is 16.7 Å². The van der Waals surface area contributed by atoms with Gasteiger partial charge in [-0.2, -0.15) is 0 Å². The van der Waals surface area contributed by atoms with E-state index in [0.717, 1.165) is 19.3 Å².